The quantitative estimate of drug-likeness (QED) is 0.766. The van der Waals surface area contributed by atoms with Crippen LogP contribution >= 0.6 is 0 Å². The molecule has 0 saturated heterocycles. The van der Waals surface area contributed by atoms with E-state index >= 15 is 0 Å². The Labute approximate surface area is 113 Å². The van der Waals surface area contributed by atoms with Gasteiger partial charge in [-0.25, -0.2) is 9.78 Å². The van der Waals surface area contributed by atoms with E-state index in [1.165, 1.54) is 0 Å². The van der Waals surface area contributed by atoms with Crippen molar-refractivity contribution < 1.29 is 9.53 Å². The highest BCUT2D eigenvalue weighted by Crippen LogP contribution is 2.19. The fourth-order valence-electron chi connectivity index (χ4n) is 2.09. The van der Waals surface area contributed by atoms with E-state index in [1.807, 2.05) is 31.2 Å². The van der Waals surface area contributed by atoms with Gasteiger partial charge in [0.1, 0.15) is 0 Å². The zero-order chi connectivity index (χ0) is 13.7. The van der Waals surface area contributed by atoms with Crippen molar-refractivity contribution in [3.8, 4) is 0 Å². The van der Waals surface area contributed by atoms with Gasteiger partial charge in [0.15, 0.2) is 5.69 Å². The van der Waals surface area contributed by atoms with Crippen LogP contribution in [0.4, 0.5) is 0 Å². The van der Waals surface area contributed by atoms with Crippen molar-refractivity contribution >= 4 is 16.9 Å². The molecular weight excluding hydrogens is 238 g/mol. The Balaban J connectivity index is 2.47. The Hall–Kier alpha value is -1.90. The molecule has 0 atom stereocenters. The minimum atomic E-state index is -0.320. The van der Waals surface area contributed by atoms with Gasteiger partial charge in [-0.3, -0.25) is 0 Å². The van der Waals surface area contributed by atoms with Crippen LogP contribution in [0.2, 0.25) is 0 Å². The summed E-state index contributed by atoms with van der Waals surface area (Å²) in [6, 6.07) is 9.91. The Kier molecular flexibility index (Phi) is 4.50. The second kappa shape index (κ2) is 6.32. The Morgan fingerprint density at radius 1 is 1.26 bits per heavy atom. The molecule has 0 bridgehead atoms. The standard InChI is InChI=1S/C16H19NO2/c1-3-5-8-13-11-12-9-6-7-10-14(12)17-15(13)16(18)19-4-2/h6-7,9-11H,3-5,8H2,1-2H3. The maximum Gasteiger partial charge on any atom is 0.357 e. The van der Waals surface area contributed by atoms with Crippen LogP contribution in [0.15, 0.2) is 30.3 Å². The summed E-state index contributed by atoms with van der Waals surface area (Å²) in [7, 11) is 0. The Morgan fingerprint density at radius 3 is 2.79 bits per heavy atom. The zero-order valence-corrected chi connectivity index (χ0v) is 11.5. The summed E-state index contributed by atoms with van der Waals surface area (Å²) in [5.74, 6) is -0.320. The molecule has 0 fully saturated rings. The lowest BCUT2D eigenvalue weighted by Crippen LogP contribution is -2.11. The van der Waals surface area contributed by atoms with E-state index in [-0.39, 0.29) is 5.97 Å². The van der Waals surface area contributed by atoms with Crippen molar-refractivity contribution in [2.24, 2.45) is 0 Å². The average Bonchev–Trinajstić information content (AvgIpc) is 2.44. The first-order valence-corrected chi connectivity index (χ1v) is 6.82. The maximum absolute atomic E-state index is 12.0. The SMILES string of the molecule is CCCCc1cc2ccccc2nc1C(=O)OCC. The highest BCUT2D eigenvalue weighted by Gasteiger charge is 2.15. The van der Waals surface area contributed by atoms with E-state index in [1.54, 1.807) is 0 Å². The number of carbonyl (C=O) groups excluding carboxylic acids is 1. The van der Waals surface area contributed by atoms with Gasteiger partial charge in [-0.05, 0) is 37.5 Å². The van der Waals surface area contributed by atoms with Crippen molar-refractivity contribution in [1.82, 2.24) is 4.98 Å². The van der Waals surface area contributed by atoms with Crippen LogP contribution in [0, 0.1) is 0 Å². The van der Waals surface area contributed by atoms with Gasteiger partial charge in [0.2, 0.25) is 0 Å². The van der Waals surface area contributed by atoms with E-state index in [0.29, 0.717) is 12.3 Å². The van der Waals surface area contributed by atoms with Gasteiger partial charge in [0.25, 0.3) is 0 Å². The molecule has 1 heterocycles. The van der Waals surface area contributed by atoms with Gasteiger partial charge >= 0.3 is 5.97 Å². The molecule has 2 aromatic rings. The van der Waals surface area contributed by atoms with E-state index in [4.69, 9.17) is 4.74 Å². The molecule has 0 saturated carbocycles. The molecule has 0 aliphatic rings. The first-order valence-electron chi connectivity index (χ1n) is 6.82. The lowest BCUT2D eigenvalue weighted by Gasteiger charge is -2.09. The van der Waals surface area contributed by atoms with Crippen LogP contribution in [0.25, 0.3) is 10.9 Å². The van der Waals surface area contributed by atoms with Crippen molar-refractivity contribution in [1.29, 1.82) is 0 Å². The number of ether oxygens (including phenoxy) is 1. The minimum absolute atomic E-state index is 0.320. The van der Waals surface area contributed by atoms with Gasteiger partial charge in [0.05, 0.1) is 12.1 Å². The van der Waals surface area contributed by atoms with Crippen LogP contribution in [-0.2, 0) is 11.2 Å². The number of aromatic nitrogens is 1. The number of hydrogen-bond acceptors (Lipinski definition) is 3. The number of hydrogen-bond donors (Lipinski definition) is 0. The van der Waals surface area contributed by atoms with Crippen molar-refractivity contribution in [2.75, 3.05) is 6.61 Å². The summed E-state index contributed by atoms with van der Waals surface area (Å²) >= 11 is 0. The fraction of sp³-hybridized carbons (Fsp3) is 0.375. The number of aryl methyl sites for hydroxylation is 1. The topological polar surface area (TPSA) is 39.2 Å². The number of benzene rings is 1. The lowest BCUT2D eigenvalue weighted by molar-refractivity contribution is 0.0518. The summed E-state index contributed by atoms with van der Waals surface area (Å²) in [6.45, 7) is 4.32. The van der Waals surface area contributed by atoms with Crippen LogP contribution in [0.5, 0.6) is 0 Å². The molecule has 100 valence electrons. The molecule has 19 heavy (non-hydrogen) atoms. The molecular formula is C16H19NO2. The summed E-state index contributed by atoms with van der Waals surface area (Å²) in [6.07, 6.45) is 3.00. The molecule has 0 aliphatic heterocycles. The number of esters is 1. The monoisotopic (exact) mass is 257 g/mol. The van der Waals surface area contributed by atoms with Gasteiger partial charge < -0.3 is 4.74 Å². The molecule has 0 amide bonds. The number of para-hydroxylation sites is 1. The smallest absolute Gasteiger partial charge is 0.357 e. The summed E-state index contributed by atoms with van der Waals surface area (Å²) in [5, 5.41) is 1.07. The Morgan fingerprint density at radius 2 is 2.05 bits per heavy atom. The second-order valence-corrected chi connectivity index (χ2v) is 4.51. The molecule has 2 rings (SSSR count). The molecule has 0 unspecified atom stereocenters. The summed E-state index contributed by atoms with van der Waals surface area (Å²) in [4.78, 5) is 16.5. The van der Waals surface area contributed by atoms with Gasteiger partial charge in [0, 0.05) is 5.39 Å². The normalized spacial score (nSPS) is 10.6. The molecule has 3 nitrogen and oxygen atoms in total. The number of unbranched alkanes of at least 4 members (excludes halogenated alkanes) is 1. The molecule has 1 aromatic carbocycles. The largest absolute Gasteiger partial charge is 0.461 e. The van der Waals surface area contributed by atoms with E-state index in [9.17, 15) is 4.79 Å². The maximum atomic E-state index is 12.0. The third-order valence-electron chi connectivity index (χ3n) is 3.07. The molecule has 0 radical (unpaired) electrons. The molecule has 3 heteroatoms. The van der Waals surface area contributed by atoms with Crippen molar-refractivity contribution in [2.45, 2.75) is 33.1 Å². The number of fused-ring (bicyclic) bond motifs is 1. The van der Waals surface area contributed by atoms with Gasteiger partial charge in [-0.15, -0.1) is 0 Å². The number of nitrogens with zero attached hydrogens (tertiary/aromatic N) is 1. The Bertz CT molecular complexity index is 578. The van der Waals surface area contributed by atoms with Crippen LogP contribution < -0.4 is 0 Å². The number of carbonyl (C=O) groups is 1. The van der Waals surface area contributed by atoms with Crippen LogP contribution in [0.1, 0.15) is 42.7 Å². The third-order valence-corrected chi connectivity index (χ3v) is 3.07. The average molecular weight is 257 g/mol. The van der Waals surface area contributed by atoms with Crippen LogP contribution in [0.3, 0.4) is 0 Å². The number of pyridine rings is 1. The van der Waals surface area contributed by atoms with Crippen LogP contribution in [-0.4, -0.2) is 17.6 Å². The van der Waals surface area contributed by atoms with E-state index < -0.39 is 0 Å². The highest BCUT2D eigenvalue weighted by molar-refractivity contribution is 5.93. The van der Waals surface area contributed by atoms with E-state index in [0.717, 1.165) is 35.7 Å². The molecule has 0 aliphatic carbocycles. The highest BCUT2D eigenvalue weighted by atomic mass is 16.5. The van der Waals surface area contributed by atoms with E-state index in [2.05, 4.69) is 18.0 Å². The molecule has 0 spiro atoms. The minimum Gasteiger partial charge on any atom is -0.461 e. The zero-order valence-electron chi connectivity index (χ0n) is 11.5. The first kappa shape index (κ1) is 13.5. The number of rotatable bonds is 5. The summed E-state index contributed by atoms with van der Waals surface area (Å²) in [5.41, 5.74) is 2.29. The fourth-order valence-corrected chi connectivity index (χ4v) is 2.09. The van der Waals surface area contributed by atoms with Gasteiger partial charge in [-0.2, -0.15) is 0 Å². The predicted octanol–water partition coefficient (Wildman–Crippen LogP) is 3.75. The third kappa shape index (κ3) is 3.11. The van der Waals surface area contributed by atoms with Gasteiger partial charge in [-0.1, -0.05) is 31.5 Å². The molecule has 0 N–H and O–H groups in total. The van der Waals surface area contributed by atoms with Crippen molar-refractivity contribution in [3.05, 3.63) is 41.6 Å². The molecule has 1 aromatic heterocycles. The second-order valence-electron chi connectivity index (χ2n) is 4.51. The lowest BCUT2D eigenvalue weighted by atomic mass is 10.0. The summed E-state index contributed by atoms with van der Waals surface area (Å²) < 4.78 is 5.10. The predicted molar refractivity (Wildman–Crippen MR) is 76.3 cm³/mol. The first-order chi connectivity index (χ1) is 9.26. The van der Waals surface area contributed by atoms with Crippen molar-refractivity contribution in [3.63, 3.8) is 0 Å².